The highest BCUT2D eigenvalue weighted by atomic mass is 32.2. The zero-order valence-corrected chi connectivity index (χ0v) is 12.9. The van der Waals surface area contributed by atoms with E-state index in [1.807, 2.05) is 0 Å². The minimum Gasteiger partial charge on any atom is -0.454 e. The normalized spacial score (nSPS) is 13.2. The summed E-state index contributed by atoms with van der Waals surface area (Å²) >= 11 is 3.92. The lowest BCUT2D eigenvalue weighted by molar-refractivity contribution is 0.0955. The van der Waals surface area contributed by atoms with Gasteiger partial charge in [0.25, 0.3) is 5.91 Å². The van der Waals surface area contributed by atoms with Crippen LogP contribution < -0.4 is 19.5 Å². The molecule has 0 spiro atoms. The van der Waals surface area contributed by atoms with E-state index < -0.39 is 10.0 Å². The van der Waals surface area contributed by atoms with Crippen molar-refractivity contribution in [1.82, 2.24) is 10.0 Å². The number of rotatable bonds is 7. The second-order valence-corrected chi connectivity index (χ2v) is 6.63. The second-order valence-electron chi connectivity index (χ2n) is 4.26. The van der Waals surface area contributed by atoms with Crippen molar-refractivity contribution in [1.29, 1.82) is 0 Å². The van der Waals surface area contributed by atoms with E-state index in [1.54, 1.807) is 18.2 Å². The van der Waals surface area contributed by atoms with Gasteiger partial charge in [0.2, 0.25) is 16.8 Å². The van der Waals surface area contributed by atoms with Crippen LogP contribution in [0.4, 0.5) is 0 Å². The molecule has 0 aromatic heterocycles. The van der Waals surface area contributed by atoms with Crippen LogP contribution in [0.25, 0.3) is 0 Å². The smallest absolute Gasteiger partial charge is 0.251 e. The number of benzene rings is 1. The zero-order valence-electron chi connectivity index (χ0n) is 11.2. The first-order chi connectivity index (χ1) is 10.0. The molecular formula is C12H16N2O5S2. The van der Waals surface area contributed by atoms with E-state index in [0.29, 0.717) is 22.8 Å². The lowest BCUT2D eigenvalue weighted by atomic mass is 10.2. The van der Waals surface area contributed by atoms with Gasteiger partial charge in [-0.2, -0.15) is 12.6 Å². The number of amides is 1. The maximum absolute atomic E-state index is 11.9. The molecule has 1 aromatic rings. The van der Waals surface area contributed by atoms with Gasteiger partial charge in [0.15, 0.2) is 11.5 Å². The maximum Gasteiger partial charge on any atom is 0.251 e. The van der Waals surface area contributed by atoms with Crippen molar-refractivity contribution in [3.05, 3.63) is 23.8 Å². The maximum atomic E-state index is 11.9. The third-order valence-corrected chi connectivity index (χ3v) is 4.33. The van der Waals surface area contributed by atoms with Crippen LogP contribution in [0.15, 0.2) is 18.2 Å². The summed E-state index contributed by atoms with van der Waals surface area (Å²) in [5.41, 5.74) is 0.389. The second kappa shape index (κ2) is 7.01. The number of carbonyl (C=O) groups is 1. The molecule has 0 radical (unpaired) electrons. The molecule has 21 heavy (non-hydrogen) atoms. The van der Waals surface area contributed by atoms with Crippen molar-refractivity contribution in [2.45, 2.75) is 0 Å². The van der Waals surface area contributed by atoms with Crippen molar-refractivity contribution in [2.24, 2.45) is 0 Å². The Balaban J connectivity index is 1.85. The molecule has 0 unspecified atom stereocenters. The Kier molecular flexibility index (Phi) is 5.32. The highest BCUT2D eigenvalue weighted by molar-refractivity contribution is 7.89. The molecule has 1 aliphatic heterocycles. The summed E-state index contributed by atoms with van der Waals surface area (Å²) in [7, 11) is -3.39. The molecule has 1 aromatic carbocycles. The fraction of sp³-hybridized carbons (Fsp3) is 0.417. The predicted molar refractivity (Wildman–Crippen MR) is 80.5 cm³/mol. The van der Waals surface area contributed by atoms with Gasteiger partial charge < -0.3 is 14.8 Å². The van der Waals surface area contributed by atoms with E-state index in [1.165, 1.54) is 0 Å². The summed E-state index contributed by atoms with van der Waals surface area (Å²) in [6.45, 7) is 0.423. The summed E-state index contributed by atoms with van der Waals surface area (Å²) in [6.07, 6.45) is 0. The first kappa shape index (κ1) is 15.9. The van der Waals surface area contributed by atoms with Crippen LogP contribution in [0.3, 0.4) is 0 Å². The number of hydrogen-bond acceptors (Lipinski definition) is 6. The number of carbonyl (C=O) groups excluding carboxylic acids is 1. The predicted octanol–water partition coefficient (Wildman–Crippen LogP) is -0.00570. The van der Waals surface area contributed by atoms with Crippen molar-refractivity contribution in [3.8, 4) is 11.5 Å². The van der Waals surface area contributed by atoms with E-state index in [0.717, 1.165) is 0 Å². The highest BCUT2D eigenvalue weighted by Gasteiger charge is 2.16. The quantitative estimate of drug-likeness (QED) is 0.611. The molecule has 2 rings (SSSR count). The summed E-state index contributed by atoms with van der Waals surface area (Å²) in [5.74, 6) is 0.966. The topological polar surface area (TPSA) is 93.7 Å². The number of fused-ring (bicyclic) bond motifs is 1. The molecule has 2 N–H and O–H groups in total. The first-order valence-corrected chi connectivity index (χ1v) is 8.56. The SMILES string of the molecule is O=C(NCCS(=O)(=O)NCCS)c1ccc2c(c1)OCO2. The monoisotopic (exact) mass is 332 g/mol. The molecule has 0 saturated heterocycles. The van der Waals surface area contributed by atoms with Crippen molar-refractivity contribution in [3.63, 3.8) is 0 Å². The number of hydrogen-bond donors (Lipinski definition) is 3. The lowest BCUT2D eigenvalue weighted by Crippen LogP contribution is -2.35. The summed E-state index contributed by atoms with van der Waals surface area (Å²) < 4.78 is 35.7. The van der Waals surface area contributed by atoms with E-state index in [9.17, 15) is 13.2 Å². The zero-order chi connectivity index (χ0) is 15.3. The summed E-state index contributed by atoms with van der Waals surface area (Å²) in [6, 6.07) is 4.80. The molecule has 0 bridgehead atoms. The van der Waals surface area contributed by atoms with Gasteiger partial charge in [0.05, 0.1) is 5.75 Å². The molecular weight excluding hydrogens is 316 g/mol. The summed E-state index contributed by atoms with van der Waals surface area (Å²) in [4.78, 5) is 11.9. The lowest BCUT2D eigenvalue weighted by Gasteiger charge is -2.07. The fourth-order valence-corrected chi connectivity index (χ4v) is 2.90. The third kappa shape index (κ3) is 4.51. The molecule has 1 aliphatic rings. The Morgan fingerprint density at radius 2 is 2.00 bits per heavy atom. The summed E-state index contributed by atoms with van der Waals surface area (Å²) in [5, 5.41) is 2.55. The van der Waals surface area contributed by atoms with Gasteiger partial charge in [0.1, 0.15) is 0 Å². The van der Waals surface area contributed by atoms with Gasteiger partial charge in [-0.1, -0.05) is 0 Å². The molecule has 1 amide bonds. The third-order valence-electron chi connectivity index (χ3n) is 2.72. The van der Waals surface area contributed by atoms with Crippen LogP contribution in [-0.4, -0.2) is 45.7 Å². The molecule has 7 nitrogen and oxygen atoms in total. The van der Waals surface area contributed by atoms with Gasteiger partial charge in [0, 0.05) is 24.4 Å². The number of nitrogens with one attached hydrogen (secondary N) is 2. The minimum atomic E-state index is -3.39. The molecule has 0 fully saturated rings. The van der Waals surface area contributed by atoms with Crippen LogP contribution in [-0.2, 0) is 10.0 Å². The average molecular weight is 332 g/mol. The van der Waals surface area contributed by atoms with Gasteiger partial charge >= 0.3 is 0 Å². The van der Waals surface area contributed by atoms with Gasteiger partial charge in [-0.25, -0.2) is 13.1 Å². The molecule has 0 aliphatic carbocycles. The van der Waals surface area contributed by atoms with E-state index >= 15 is 0 Å². The highest BCUT2D eigenvalue weighted by Crippen LogP contribution is 2.32. The Labute approximate surface area is 128 Å². The fourth-order valence-electron chi connectivity index (χ4n) is 1.71. The number of ether oxygens (including phenoxy) is 2. The molecule has 0 saturated carbocycles. The van der Waals surface area contributed by atoms with Gasteiger partial charge in [-0.15, -0.1) is 0 Å². The van der Waals surface area contributed by atoms with E-state index in [4.69, 9.17) is 9.47 Å². The molecule has 116 valence electrons. The van der Waals surface area contributed by atoms with Gasteiger partial charge in [-0.3, -0.25) is 4.79 Å². The Morgan fingerprint density at radius 3 is 2.76 bits per heavy atom. The van der Waals surface area contributed by atoms with Crippen LogP contribution in [0.2, 0.25) is 0 Å². The number of sulfonamides is 1. The first-order valence-electron chi connectivity index (χ1n) is 6.28. The minimum absolute atomic E-state index is 0.0230. The van der Waals surface area contributed by atoms with E-state index in [2.05, 4.69) is 22.7 Å². The Bertz CT molecular complexity index is 618. The number of thiol groups is 1. The van der Waals surface area contributed by atoms with Crippen LogP contribution in [0.1, 0.15) is 10.4 Å². The standard InChI is InChI=1S/C12H16N2O5S2/c15-12(13-4-6-21(16,17)14-3-5-20)9-1-2-10-11(7-9)19-8-18-10/h1-2,7,14,20H,3-6,8H2,(H,13,15). The molecule has 9 heteroatoms. The van der Waals surface area contributed by atoms with Crippen molar-refractivity contribution < 1.29 is 22.7 Å². The Hall–Kier alpha value is -1.45. The van der Waals surface area contributed by atoms with Crippen molar-refractivity contribution in [2.75, 3.05) is 31.4 Å². The van der Waals surface area contributed by atoms with Gasteiger partial charge in [-0.05, 0) is 18.2 Å². The van der Waals surface area contributed by atoms with E-state index in [-0.39, 0.29) is 31.5 Å². The van der Waals surface area contributed by atoms with Crippen molar-refractivity contribution >= 4 is 28.6 Å². The molecule has 1 heterocycles. The molecule has 0 atom stereocenters. The average Bonchev–Trinajstić information content (AvgIpc) is 2.92. The van der Waals surface area contributed by atoms with Crippen LogP contribution >= 0.6 is 12.6 Å². The van der Waals surface area contributed by atoms with Crippen LogP contribution in [0.5, 0.6) is 11.5 Å². The largest absolute Gasteiger partial charge is 0.454 e. The Morgan fingerprint density at radius 1 is 1.24 bits per heavy atom. The van der Waals surface area contributed by atoms with Crippen LogP contribution in [0, 0.1) is 0 Å².